The Morgan fingerprint density at radius 1 is 1.11 bits per heavy atom. The molecule has 4 rings (SSSR count). The van der Waals surface area contributed by atoms with Gasteiger partial charge in [-0.15, -0.1) is 0 Å². The molecule has 0 aliphatic rings. The van der Waals surface area contributed by atoms with E-state index in [0.717, 1.165) is 16.7 Å². The fraction of sp³-hybridized carbons (Fsp3) is 0.238. The Balaban J connectivity index is 1.82. The van der Waals surface area contributed by atoms with Gasteiger partial charge in [-0.2, -0.15) is 9.61 Å². The monoisotopic (exact) mass is 364 g/mol. The first-order valence-corrected chi connectivity index (χ1v) is 8.52. The van der Waals surface area contributed by atoms with Crippen LogP contribution in [0.25, 0.3) is 28.2 Å². The molecule has 0 saturated heterocycles. The van der Waals surface area contributed by atoms with E-state index in [0.29, 0.717) is 22.7 Å². The standard InChI is InChI=1S/C21H20FN5/c1-13-5-6-14(9-15(13)16-10-23-8-7-17(16)22)18-11-24-20-26-19(21(2,3)4)12-25-27(18)20/h5-12H,1-4H3/i2D3. The topological polar surface area (TPSA) is 56.0 Å². The molecule has 0 aliphatic carbocycles. The van der Waals surface area contributed by atoms with Gasteiger partial charge in [-0.1, -0.05) is 32.8 Å². The van der Waals surface area contributed by atoms with Crippen LogP contribution in [0.15, 0.2) is 49.1 Å². The second-order valence-electron chi connectivity index (χ2n) is 7.01. The summed E-state index contributed by atoms with van der Waals surface area (Å²) in [6, 6.07) is 6.99. The van der Waals surface area contributed by atoms with Crippen molar-refractivity contribution in [3.8, 4) is 22.4 Å². The van der Waals surface area contributed by atoms with Crippen LogP contribution in [0.1, 0.15) is 36.1 Å². The summed E-state index contributed by atoms with van der Waals surface area (Å²) in [7, 11) is 0. The summed E-state index contributed by atoms with van der Waals surface area (Å²) in [6.45, 7) is 2.90. The molecule has 1 aromatic carbocycles. The Morgan fingerprint density at radius 3 is 2.74 bits per heavy atom. The van der Waals surface area contributed by atoms with Crippen molar-refractivity contribution < 1.29 is 8.50 Å². The van der Waals surface area contributed by atoms with Gasteiger partial charge in [-0.05, 0) is 30.2 Å². The molecule has 136 valence electrons. The molecule has 27 heavy (non-hydrogen) atoms. The summed E-state index contributed by atoms with van der Waals surface area (Å²) in [4.78, 5) is 12.8. The van der Waals surface area contributed by atoms with Gasteiger partial charge in [0.2, 0.25) is 0 Å². The average Bonchev–Trinajstić information content (AvgIpc) is 3.11. The summed E-state index contributed by atoms with van der Waals surface area (Å²) < 4.78 is 39.2. The van der Waals surface area contributed by atoms with E-state index in [1.807, 2.05) is 25.1 Å². The highest BCUT2D eigenvalue weighted by Gasteiger charge is 2.18. The van der Waals surface area contributed by atoms with Crippen LogP contribution in [0.2, 0.25) is 0 Å². The van der Waals surface area contributed by atoms with Crippen molar-refractivity contribution in [3.63, 3.8) is 0 Å². The molecule has 0 radical (unpaired) electrons. The summed E-state index contributed by atoms with van der Waals surface area (Å²) in [6.07, 6.45) is 5.99. The molecule has 0 fully saturated rings. The van der Waals surface area contributed by atoms with E-state index in [1.165, 1.54) is 24.7 Å². The van der Waals surface area contributed by atoms with Gasteiger partial charge < -0.3 is 0 Å². The minimum atomic E-state index is -2.23. The zero-order chi connectivity index (χ0) is 21.7. The molecule has 3 heterocycles. The van der Waals surface area contributed by atoms with Gasteiger partial charge in [0.15, 0.2) is 0 Å². The number of imidazole rings is 1. The lowest BCUT2D eigenvalue weighted by molar-refractivity contribution is 0.562. The first-order chi connectivity index (χ1) is 14.1. The van der Waals surface area contributed by atoms with Crippen LogP contribution in [0, 0.1) is 12.7 Å². The van der Waals surface area contributed by atoms with Crippen LogP contribution in [-0.4, -0.2) is 24.6 Å². The number of pyridine rings is 1. The average molecular weight is 364 g/mol. The lowest BCUT2D eigenvalue weighted by atomic mass is 9.93. The van der Waals surface area contributed by atoms with Crippen molar-refractivity contribution in [2.75, 3.05) is 0 Å². The Bertz CT molecular complexity index is 1250. The number of hydrogen-bond acceptors (Lipinski definition) is 4. The Hall–Kier alpha value is -3.15. The molecule has 0 bridgehead atoms. The normalized spacial score (nSPS) is 14.0. The second-order valence-corrected chi connectivity index (χ2v) is 7.01. The molecular weight excluding hydrogens is 341 g/mol. The van der Waals surface area contributed by atoms with Crippen molar-refractivity contribution in [2.45, 2.75) is 33.0 Å². The van der Waals surface area contributed by atoms with Gasteiger partial charge in [-0.25, -0.2) is 14.4 Å². The molecule has 6 heteroatoms. The summed E-state index contributed by atoms with van der Waals surface area (Å²) >= 11 is 0. The van der Waals surface area contributed by atoms with E-state index >= 15 is 0 Å². The van der Waals surface area contributed by atoms with E-state index in [9.17, 15) is 4.39 Å². The van der Waals surface area contributed by atoms with Gasteiger partial charge in [0.25, 0.3) is 5.78 Å². The second kappa shape index (κ2) is 6.23. The molecule has 0 amide bonds. The first-order valence-electron chi connectivity index (χ1n) is 10.0. The number of aryl methyl sites for hydroxylation is 1. The van der Waals surface area contributed by atoms with E-state index in [2.05, 4.69) is 20.1 Å². The van der Waals surface area contributed by atoms with Crippen molar-refractivity contribution in [3.05, 3.63) is 66.1 Å². The van der Waals surface area contributed by atoms with E-state index in [1.54, 1.807) is 24.6 Å². The predicted octanol–water partition coefficient (Wildman–Crippen LogP) is 4.60. The first kappa shape index (κ1) is 14.0. The van der Waals surface area contributed by atoms with Gasteiger partial charge in [0.1, 0.15) is 5.82 Å². The smallest absolute Gasteiger partial charge is 0.251 e. The zero-order valence-electron chi connectivity index (χ0n) is 18.2. The minimum absolute atomic E-state index is 0.300. The largest absolute Gasteiger partial charge is 0.264 e. The third kappa shape index (κ3) is 3.07. The number of rotatable bonds is 2. The molecule has 0 unspecified atom stereocenters. The van der Waals surface area contributed by atoms with Crippen LogP contribution >= 0.6 is 0 Å². The van der Waals surface area contributed by atoms with Crippen molar-refractivity contribution in [1.29, 1.82) is 0 Å². The molecule has 4 aromatic rings. The quantitative estimate of drug-likeness (QED) is 0.522. The molecule has 0 saturated carbocycles. The maximum absolute atomic E-state index is 14.3. The van der Waals surface area contributed by atoms with E-state index in [4.69, 9.17) is 4.11 Å². The number of halogens is 1. The Morgan fingerprint density at radius 2 is 1.96 bits per heavy atom. The van der Waals surface area contributed by atoms with Crippen molar-refractivity contribution in [2.24, 2.45) is 0 Å². The third-order valence-electron chi connectivity index (χ3n) is 4.47. The van der Waals surface area contributed by atoms with Gasteiger partial charge >= 0.3 is 0 Å². The van der Waals surface area contributed by atoms with E-state index < -0.39 is 12.3 Å². The fourth-order valence-electron chi connectivity index (χ4n) is 2.92. The highest BCUT2D eigenvalue weighted by molar-refractivity contribution is 5.74. The lowest BCUT2D eigenvalue weighted by Crippen LogP contribution is -2.15. The Labute approximate surface area is 161 Å². The highest BCUT2D eigenvalue weighted by atomic mass is 19.1. The summed E-state index contributed by atoms with van der Waals surface area (Å²) in [5.74, 6) is -0.0470. The fourth-order valence-corrected chi connectivity index (χ4v) is 2.92. The van der Waals surface area contributed by atoms with Crippen LogP contribution in [-0.2, 0) is 5.41 Å². The van der Waals surface area contributed by atoms with Crippen LogP contribution < -0.4 is 0 Å². The highest BCUT2D eigenvalue weighted by Crippen LogP contribution is 2.30. The third-order valence-corrected chi connectivity index (χ3v) is 4.47. The predicted molar refractivity (Wildman–Crippen MR) is 103 cm³/mol. The summed E-state index contributed by atoms with van der Waals surface area (Å²) in [5.41, 5.74) is 2.67. The van der Waals surface area contributed by atoms with Crippen LogP contribution in [0.3, 0.4) is 0 Å². The number of hydrogen-bond donors (Lipinski definition) is 0. The Kier molecular flexibility index (Phi) is 3.22. The maximum atomic E-state index is 14.3. The van der Waals surface area contributed by atoms with Crippen LogP contribution in [0.5, 0.6) is 0 Å². The molecule has 5 nitrogen and oxygen atoms in total. The van der Waals surface area contributed by atoms with Crippen LogP contribution in [0.4, 0.5) is 4.39 Å². The number of nitrogens with zero attached hydrogens (tertiary/aromatic N) is 5. The molecule has 0 aliphatic heterocycles. The van der Waals surface area contributed by atoms with Crippen molar-refractivity contribution in [1.82, 2.24) is 24.6 Å². The number of aromatic nitrogens is 5. The SMILES string of the molecule is [2H]C([2H])([2H])C(C)(C)c1cnn2c(-c3ccc(C)c(-c4cnccc4F)c3)cnc2n1. The molecular formula is C21H20FN5. The van der Waals surface area contributed by atoms with Gasteiger partial charge in [0.05, 0.1) is 23.8 Å². The van der Waals surface area contributed by atoms with Gasteiger partial charge in [-0.3, -0.25) is 4.98 Å². The number of fused-ring (bicyclic) bond motifs is 1. The minimum Gasteiger partial charge on any atom is -0.264 e. The lowest BCUT2D eigenvalue weighted by Gasteiger charge is -2.16. The van der Waals surface area contributed by atoms with Gasteiger partial charge in [0, 0.05) is 33.0 Å². The van der Waals surface area contributed by atoms with Crippen molar-refractivity contribution >= 4 is 5.78 Å². The maximum Gasteiger partial charge on any atom is 0.251 e. The molecule has 0 N–H and O–H groups in total. The molecule has 0 atom stereocenters. The zero-order valence-corrected chi connectivity index (χ0v) is 15.2. The molecule has 3 aromatic heterocycles. The number of benzene rings is 1. The molecule has 0 spiro atoms. The summed E-state index contributed by atoms with van der Waals surface area (Å²) in [5, 5.41) is 4.39. The van der Waals surface area contributed by atoms with E-state index in [-0.39, 0.29) is 5.82 Å².